The summed E-state index contributed by atoms with van der Waals surface area (Å²) in [5.41, 5.74) is 4.24. The number of H-pyrrole nitrogens is 1. The Hall–Kier alpha value is -1.67. The van der Waals surface area contributed by atoms with E-state index in [1.807, 2.05) is 4.72 Å². The van der Waals surface area contributed by atoms with Crippen molar-refractivity contribution in [2.75, 3.05) is 0 Å². The third-order valence-electron chi connectivity index (χ3n) is 1.84. The largest absolute Gasteiger partial charge is 0.368 e. The highest BCUT2D eigenvalue weighted by Crippen LogP contribution is 2.00. The van der Waals surface area contributed by atoms with Gasteiger partial charge in [-0.15, -0.1) is 0 Å². The van der Waals surface area contributed by atoms with Gasteiger partial charge >= 0.3 is 0 Å². The van der Waals surface area contributed by atoms with Gasteiger partial charge in [-0.25, -0.2) is 8.42 Å². The number of rotatable bonds is 4. The van der Waals surface area contributed by atoms with Crippen LogP contribution < -0.4 is 15.9 Å². The van der Waals surface area contributed by atoms with Crippen LogP contribution in [0.3, 0.4) is 0 Å². The molecule has 0 spiro atoms. The van der Waals surface area contributed by atoms with Crippen molar-refractivity contribution in [3.05, 3.63) is 28.7 Å². The van der Waals surface area contributed by atoms with E-state index >= 15 is 0 Å². The molecule has 1 aromatic rings. The molecule has 0 aliphatic carbocycles. The topological polar surface area (TPSA) is 122 Å². The molecule has 1 heterocycles. The van der Waals surface area contributed by atoms with Crippen molar-refractivity contribution in [3.63, 3.8) is 0 Å². The molecule has 0 bridgehead atoms. The van der Waals surface area contributed by atoms with Crippen molar-refractivity contribution in [1.82, 2.24) is 9.71 Å². The van der Waals surface area contributed by atoms with Crippen LogP contribution in [-0.2, 0) is 14.8 Å². The maximum absolute atomic E-state index is 11.6. The van der Waals surface area contributed by atoms with E-state index in [1.54, 1.807) is 0 Å². The quantitative estimate of drug-likeness (QED) is 0.599. The van der Waals surface area contributed by atoms with Gasteiger partial charge in [-0.2, -0.15) is 4.72 Å². The first-order chi connectivity index (χ1) is 7.34. The zero-order chi connectivity index (χ0) is 12.3. The lowest BCUT2D eigenvalue weighted by Gasteiger charge is -2.09. The fraction of sp³-hybridized carbons (Fsp3) is 0.250. The zero-order valence-electron chi connectivity index (χ0n) is 8.43. The minimum atomic E-state index is -4.03. The number of hydrogen-bond donors (Lipinski definition) is 3. The van der Waals surface area contributed by atoms with Crippen LogP contribution in [0.4, 0.5) is 0 Å². The lowest BCUT2D eigenvalue weighted by Crippen LogP contribution is -2.43. The minimum absolute atomic E-state index is 0.455. The molecule has 0 radical (unpaired) electrons. The molecule has 0 fully saturated rings. The Morgan fingerprint density at radius 2 is 2.19 bits per heavy atom. The van der Waals surface area contributed by atoms with Crippen molar-refractivity contribution < 1.29 is 13.2 Å². The Morgan fingerprint density at radius 1 is 1.56 bits per heavy atom. The van der Waals surface area contributed by atoms with E-state index in [4.69, 9.17) is 5.73 Å². The molecule has 0 aromatic carbocycles. The molecule has 0 aliphatic rings. The van der Waals surface area contributed by atoms with Gasteiger partial charge in [0, 0.05) is 18.5 Å². The van der Waals surface area contributed by atoms with Gasteiger partial charge in [0.25, 0.3) is 0 Å². The lowest BCUT2D eigenvalue weighted by molar-refractivity contribution is -0.119. The summed E-state index contributed by atoms with van der Waals surface area (Å²) >= 11 is 0. The van der Waals surface area contributed by atoms with E-state index in [9.17, 15) is 18.0 Å². The SMILES string of the molecule is CC(NS(=O)(=O)c1c[nH]ccc1=O)C(N)=O. The molecule has 7 nitrogen and oxygen atoms in total. The maximum atomic E-state index is 11.6. The number of hydrogen-bond acceptors (Lipinski definition) is 4. The lowest BCUT2D eigenvalue weighted by atomic mass is 10.4. The molecule has 0 saturated heterocycles. The van der Waals surface area contributed by atoms with E-state index in [1.165, 1.54) is 13.1 Å². The van der Waals surface area contributed by atoms with E-state index < -0.39 is 32.3 Å². The van der Waals surface area contributed by atoms with Crippen LogP contribution in [0.25, 0.3) is 0 Å². The fourth-order valence-electron chi connectivity index (χ4n) is 0.965. The van der Waals surface area contributed by atoms with Crippen LogP contribution in [-0.4, -0.2) is 25.4 Å². The van der Waals surface area contributed by atoms with E-state index in [0.717, 1.165) is 12.3 Å². The number of nitrogens with two attached hydrogens (primary N) is 1. The van der Waals surface area contributed by atoms with Crippen LogP contribution in [0.1, 0.15) is 6.92 Å². The van der Waals surface area contributed by atoms with Crippen molar-refractivity contribution in [2.24, 2.45) is 5.73 Å². The van der Waals surface area contributed by atoms with E-state index in [-0.39, 0.29) is 0 Å². The summed E-state index contributed by atoms with van der Waals surface area (Å²) < 4.78 is 25.2. The number of carbonyl (C=O) groups excluding carboxylic acids is 1. The molecule has 88 valence electrons. The number of amides is 1. The predicted octanol–water partition coefficient (Wildman–Crippen LogP) is -1.47. The van der Waals surface area contributed by atoms with Gasteiger partial charge < -0.3 is 10.7 Å². The molecule has 1 amide bonds. The molecular formula is C8H11N3O4S. The highest BCUT2D eigenvalue weighted by molar-refractivity contribution is 7.89. The second-order valence-corrected chi connectivity index (χ2v) is 4.80. The normalized spacial score (nSPS) is 13.3. The maximum Gasteiger partial charge on any atom is 0.246 e. The molecule has 0 saturated carbocycles. The first-order valence-corrected chi connectivity index (χ1v) is 5.81. The van der Waals surface area contributed by atoms with Crippen LogP contribution >= 0.6 is 0 Å². The molecule has 8 heteroatoms. The highest BCUT2D eigenvalue weighted by atomic mass is 32.2. The first kappa shape index (κ1) is 12.4. The van der Waals surface area contributed by atoms with Gasteiger partial charge in [0.15, 0.2) is 0 Å². The number of aromatic amines is 1. The first-order valence-electron chi connectivity index (χ1n) is 4.33. The molecule has 1 atom stereocenters. The van der Waals surface area contributed by atoms with Gasteiger partial charge in [0.2, 0.25) is 21.4 Å². The third-order valence-corrected chi connectivity index (χ3v) is 3.40. The molecule has 0 aliphatic heterocycles. The molecule has 4 N–H and O–H groups in total. The van der Waals surface area contributed by atoms with Crippen molar-refractivity contribution in [3.8, 4) is 0 Å². The van der Waals surface area contributed by atoms with Gasteiger partial charge in [-0.1, -0.05) is 0 Å². The summed E-state index contributed by atoms with van der Waals surface area (Å²) in [6.07, 6.45) is 2.34. The van der Waals surface area contributed by atoms with Gasteiger partial charge in [-0.3, -0.25) is 9.59 Å². The van der Waals surface area contributed by atoms with E-state index in [0.29, 0.717) is 0 Å². The van der Waals surface area contributed by atoms with Crippen LogP contribution in [0.2, 0.25) is 0 Å². The van der Waals surface area contributed by atoms with Crippen molar-refractivity contribution >= 4 is 15.9 Å². The smallest absolute Gasteiger partial charge is 0.246 e. The van der Waals surface area contributed by atoms with Crippen LogP contribution in [0.15, 0.2) is 28.2 Å². The average molecular weight is 245 g/mol. The van der Waals surface area contributed by atoms with Gasteiger partial charge in [0.05, 0.1) is 6.04 Å². The molecular weight excluding hydrogens is 234 g/mol. The van der Waals surface area contributed by atoms with Crippen molar-refractivity contribution in [2.45, 2.75) is 17.9 Å². The van der Waals surface area contributed by atoms with E-state index in [2.05, 4.69) is 4.98 Å². The summed E-state index contributed by atoms with van der Waals surface area (Å²) in [6, 6.07) is -0.00615. The minimum Gasteiger partial charge on any atom is -0.368 e. The summed E-state index contributed by atoms with van der Waals surface area (Å²) in [6.45, 7) is 1.29. The molecule has 1 aromatic heterocycles. The average Bonchev–Trinajstić information content (AvgIpc) is 2.17. The van der Waals surface area contributed by atoms with Crippen LogP contribution in [0, 0.1) is 0 Å². The third kappa shape index (κ3) is 2.67. The second kappa shape index (κ2) is 4.45. The summed E-state index contributed by atoms with van der Waals surface area (Å²) in [5, 5.41) is 0. The standard InChI is InChI=1S/C8H11N3O4S/c1-5(8(9)13)11-16(14,15)7-4-10-3-2-6(7)12/h2-5,11H,1H3,(H2,9,13)(H,10,12). The number of carbonyl (C=O) groups is 1. The summed E-state index contributed by atoms with van der Waals surface area (Å²) in [7, 11) is -4.03. The highest BCUT2D eigenvalue weighted by Gasteiger charge is 2.22. The van der Waals surface area contributed by atoms with Crippen LogP contribution in [0.5, 0.6) is 0 Å². The Bertz CT molecular complexity index is 548. The number of primary amides is 1. The molecule has 16 heavy (non-hydrogen) atoms. The Balaban J connectivity index is 3.09. The Labute approximate surface area is 91.7 Å². The summed E-state index contributed by atoms with van der Waals surface area (Å²) in [4.78, 5) is 24.0. The molecule has 1 unspecified atom stereocenters. The summed E-state index contributed by atoms with van der Waals surface area (Å²) in [5.74, 6) is -0.823. The number of aromatic nitrogens is 1. The number of sulfonamides is 1. The van der Waals surface area contributed by atoms with Gasteiger partial charge in [-0.05, 0) is 6.92 Å². The zero-order valence-corrected chi connectivity index (χ0v) is 9.24. The number of nitrogens with one attached hydrogen (secondary N) is 2. The van der Waals surface area contributed by atoms with Gasteiger partial charge in [0.1, 0.15) is 4.90 Å². The van der Waals surface area contributed by atoms with Crippen molar-refractivity contribution in [1.29, 1.82) is 0 Å². The predicted molar refractivity (Wildman–Crippen MR) is 56.0 cm³/mol. The Morgan fingerprint density at radius 3 is 2.69 bits per heavy atom. The monoisotopic (exact) mass is 245 g/mol. The molecule has 1 rings (SSSR count). The Kier molecular flexibility index (Phi) is 3.45. The second-order valence-electron chi connectivity index (χ2n) is 3.12. The number of pyridine rings is 1. The fourth-order valence-corrected chi connectivity index (χ4v) is 2.23.